The van der Waals surface area contributed by atoms with Gasteiger partial charge in [0.15, 0.2) is 5.82 Å². The number of hydrogen-bond acceptors (Lipinski definition) is 8. The van der Waals surface area contributed by atoms with Gasteiger partial charge in [0.2, 0.25) is 5.88 Å². The average Bonchev–Trinajstić information content (AvgIpc) is 2.73. The van der Waals surface area contributed by atoms with Gasteiger partial charge in [0.05, 0.1) is 16.9 Å². The Kier molecular flexibility index (Phi) is 6.64. The van der Waals surface area contributed by atoms with Crippen molar-refractivity contribution in [1.29, 1.82) is 0 Å². The SMILES string of the molecule is COc1ccc(NS(=O)(=O)c2ccc(NS(=O)(=O)c3ccc(OC(F)(F)F)cc3)cc2)nn1. The van der Waals surface area contributed by atoms with Gasteiger partial charge in [-0.2, -0.15) is 0 Å². The molecule has 1 heterocycles. The van der Waals surface area contributed by atoms with Crippen molar-refractivity contribution in [2.75, 3.05) is 16.6 Å². The van der Waals surface area contributed by atoms with Crippen LogP contribution in [0.25, 0.3) is 0 Å². The minimum absolute atomic E-state index is 0.0220. The zero-order valence-corrected chi connectivity index (χ0v) is 18.2. The summed E-state index contributed by atoms with van der Waals surface area (Å²) in [5, 5.41) is 7.30. The van der Waals surface area contributed by atoms with Crippen LogP contribution in [0.4, 0.5) is 24.7 Å². The van der Waals surface area contributed by atoms with Gasteiger partial charge in [-0.05, 0) is 54.6 Å². The molecular formula is C18H15F3N4O6S2. The molecule has 0 fully saturated rings. The molecule has 33 heavy (non-hydrogen) atoms. The minimum Gasteiger partial charge on any atom is -0.480 e. The first-order valence-corrected chi connectivity index (χ1v) is 11.7. The number of benzene rings is 2. The van der Waals surface area contributed by atoms with Crippen LogP contribution in [-0.4, -0.2) is 40.5 Å². The zero-order chi connectivity index (χ0) is 24.3. The van der Waals surface area contributed by atoms with Crippen LogP contribution in [-0.2, 0) is 20.0 Å². The molecular weight excluding hydrogens is 489 g/mol. The summed E-state index contributed by atoms with van der Waals surface area (Å²) in [7, 11) is -6.82. The molecule has 0 aliphatic heterocycles. The van der Waals surface area contributed by atoms with Crippen LogP contribution in [0.1, 0.15) is 0 Å². The lowest BCUT2D eigenvalue weighted by molar-refractivity contribution is -0.274. The summed E-state index contributed by atoms with van der Waals surface area (Å²) in [5.41, 5.74) is 0.0220. The summed E-state index contributed by atoms with van der Waals surface area (Å²) >= 11 is 0. The fourth-order valence-corrected chi connectivity index (χ4v) is 4.47. The molecule has 0 saturated carbocycles. The zero-order valence-electron chi connectivity index (χ0n) is 16.6. The summed E-state index contributed by atoms with van der Waals surface area (Å²) in [6.07, 6.45) is -4.91. The van der Waals surface area contributed by atoms with E-state index >= 15 is 0 Å². The summed E-state index contributed by atoms with van der Waals surface area (Å²) in [6.45, 7) is 0. The molecule has 0 aliphatic carbocycles. The summed E-state index contributed by atoms with van der Waals surface area (Å²) in [6, 6.07) is 11.0. The Morgan fingerprint density at radius 2 is 1.30 bits per heavy atom. The molecule has 176 valence electrons. The first kappa shape index (κ1) is 24.1. The average molecular weight is 504 g/mol. The van der Waals surface area contributed by atoms with E-state index in [0.29, 0.717) is 0 Å². The van der Waals surface area contributed by atoms with Gasteiger partial charge in [0, 0.05) is 11.8 Å². The van der Waals surface area contributed by atoms with Crippen molar-refractivity contribution >= 4 is 31.6 Å². The standard InChI is InChI=1S/C18H15F3N4O6S2/c1-30-17-11-10-16(22-23-17)25-33(28,29)14-6-2-12(3-7-14)24-32(26,27)15-8-4-13(5-9-15)31-18(19,20)21/h2-11,24H,1H3,(H,22,25). The van der Waals surface area contributed by atoms with E-state index in [9.17, 15) is 30.0 Å². The van der Waals surface area contributed by atoms with E-state index in [1.54, 1.807) is 0 Å². The van der Waals surface area contributed by atoms with Gasteiger partial charge in [-0.15, -0.1) is 23.4 Å². The van der Waals surface area contributed by atoms with Crippen LogP contribution in [0.15, 0.2) is 70.5 Å². The van der Waals surface area contributed by atoms with Gasteiger partial charge in [-0.25, -0.2) is 16.8 Å². The predicted molar refractivity (Wildman–Crippen MR) is 110 cm³/mol. The second-order valence-corrected chi connectivity index (χ2v) is 9.58. The number of alkyl halides is 3. The normalized spacial score (nSPS) is 12.1. The second kappa shape index (κ2) is 9.11. The van der Waals surface area contributed by atoms with Gasteiger partial charge in [-0.3, -0.25) is 9.44 Å². The van der Waals surface area contributed by atoms with Crippen molar-refractivity contribution in [3.05, 3.63) is 60.7 Å². The molecule has 2 aromatic carbocycles. The summed E-state index contributed by atoms with van der Waals surface area (Å²) in [5.74, 6) is -0.444. The van der Waals surface area contributed by atoms with Gasteiger partial charge in [0.1, 0.15) is 5.75 Å². The number of rotatable bonds is 8. The lowest BCUT2D eigenvalue weighted by Gasteiger charge is -2.11. The second-order valence-electron chi connectivity index (χ2n) is 6.22. The quantitative estimate of drug-likeness (QED) is 0.478. The van der Waals surface area contributed by atoms with E-state index in [2.05, 4.69) is 24.4 Å². The van der Waals surface area contributed by atoms with E-state index in [0.717, 1.165) is 36.4 Å². The van der Waals surface area contributed by atoms with Crippen molar-refractivity contribution in [2.45, 2.75) is 16.2 Å². The molecule has 0 aliphatic rings. The van der Waals surface area contributed by atoms with Gasteiger partial charge in [0.25, 0.3) is 20.0 Å². The monoisotopic (exact) mass is 504 g/mol. The van der Waals surface area contributed by atoms with Crippen LogP contribution in [0.5, 0.6) is 11.6 Å². The Balaban J connectivity index is 1.71. The molecule has 0 atom stereocenters. The highest BCUT2D eigenvalue weighted by Crippen LogP contribution is 2.25. The fourth-order valence-electron chi connectivity index (χ4n) is 2.42. The molecule has 15 heteroatoms. The molecule has 0 radical (unpaired) electrons. The highest BCUT2D eigenvalue weighted by atomic mass is 32.2. The molecule has 10 nitrogen and oxygen atoms in total. The summed E-state index contributed by atoms with van der Waals surface area (Å²) < 4.78 is 99.4. The number of nitrogens with zero attached hydrogens (tertiary/aromatic N) is 2. The highest BCUT2D eigenvalue weighted by molar-refractivity contribution is 7.93. The van der Waals surface area contributed by atoms with Gasteiger partial charge in [-0.1, -0.05) is 0 Å². The molecule has 0 spiro atoms. The Morgan fingerprint density at radius 1 is 0.758 bits per heavy atom. The van der Waals surface area contributed by atoms with E-state index in [1.807, 2.05) is 0 Å². The van der Waals surface area contributed by atoms with Crippen molar-refractivity contribution in [2.24, 2.45) is 0 Å². The molecule has 3 aromatic rings. The number of anilines is 2. The van der Waals surface area contributed by atoms with Gasteiger partial charge < -0.3 is 9.47 Å². The molecule has 3 rings (SSSR count). The number of sulfonamides is 2. The Morgan fingerprint density at radius 3 is 1.79 bits per heavy atom. The van der Waals surface area contributed by atoms with E-state index in [1.165, 1.54) is 31.4 Å². The highest BCUT2D eigenvalue weighted by Gasteiger charge is 2.31. The van der Waals surface area contributed by atoms with E-state index in [4.69, 9.17) is 4.74 Å². The molecule has 0 unspecified atom stereocenters. The minimum atomic E-state index is -4.91. The van der Waals surface area contributed by atoms with Crippen LogP contribution in [0, 0.1) is 0 Å². The Bertz CT molecular complexity index is 1310. The Hall–Kier alpha value is -3.59. The molecule has 1 aromatic heterocycles. The van der Waals surface area contributed by atoms with Crippen LogP contribution in [0.2, 0.25) is 0 Å². The molecule has 2 N–H and O–H groups in total. The van der Waals surface area contributed by atoms with Crippen LogP contribution < -0.4 is 18.9 Å². The maximum absolute atomic E-state index is 12.5. The molecule has 0 saturated heterocycles. The maximum atomic E-state index is 12.5. The topological polar surface area (TPSA) is 137 Å². The number of nitrogens with one attached hydrogen (secondary N) is 2. The Labute approximate surface area is 186 Å². The van der Waals surface area contributed by atoms with Crippen molar-refractivity contribution in [1.82, 2.24) is 10.2 Å². The summed E-state index contributed by atoms with van der Waals surface area (Å²) in [4.78, 5) is -0.509. The predicted octanol–water partition coefficient (Wildman–Crippen LogP) is 2.99. The van der Waals surface area contributed by atoms with Crippen molar-refractivity contribution < 1.29 is 39.5 Å². The lowest BCUT2D eigenvalue weighted by atomic mass is 10.3. The maximum Gasteiger partial charge on any atom is 0.573 e. The number of halogens is 3. The molecule has 0 bridgehead atoms. The number of ether oxygens (including phenoxy) is 2. The van der Waals surface area contributed by atoms with E-state index < -0.39 is 32.2 Å². The van der Waals surface area contributed by atoms with Crippen molar-refractivity contribution in [3.63, 3.8) is 0 Å². The van der Waals surface area contributed by atoms with Crippen LogP contribution in [0.3, 0.4) is 0 Å². The third-order valence-corrected chi connectivity index (χ3v) is 6.64. The van der Waals surface area contributed by atoms with E-state index in [-0.39, 0.29) is 27.2 Å². The van der Waals surface area contributed by atoms with Crippen molar-refractivity contribution in [3.8, 4) is 11.6 Å². The fraction of sp³-hybridized carbons (Fsp3) is 0.111. The molecule has 0 amide bonds. The number of methoxy groups -OCH3 is 1. The first-order valence-electron chi connectivity index (χ1n) is 8.77. The number of aromatic nitrogens is 2. The number of hydrogen-bond donors (Lipinski definition) is 2. The lowest BCUT2D eigenvalue weighted by Crippen LogP contribution is -2.17. The third-order valence-electron chi connectivity index (χ3n) is 3.87. The third kappa shape index (κ3) is 6.45. The smallest absolute Gasteiger partial charge is 0.480 e. The first-order chi connectivity index (χ1) is 15.4. The van der Waals surface area contributed by atoms with Crippen LogP contribution >= 0.6 is 0 Å². The largest absolute Gasteiger partial charge is 0.573 e. The van der Waals surface area contributed by atoms with Gasteiger partial charge >= 0.3 is 6.36 Å².